The minimum Gasteiger partial charge on any atom is -0.365 e. The van der Waals surface area contributed by atoms with E-state index >= 15 is 0 Å². The molecule has 1 saturated heterocycles. The van der Waals surface area contributed by atoms with Crippen molar-refractivity contribution >= 4 is 23.3 Å². The van der Waals surface area contributed by atoms with Crippen LogP contribution in [-0.4, -0.2) is 34.9 Å². The van der Waals surface area contributed by atoms with Crippen molar-refractivity contribution in [2.45, 2.75) is 39.7 Å². The Hall–Kier alpha value is -1.36. The van der Waals surface area contributed by atoms with Gasteiger partial charge in [0, 0.05) is 30.7 Å². The largest absolute Gasteiger partial charge is 0.365 e. The van der Waals surface area contributed by atoms with Gasteiger partial charge in [0.2, 0.25) is 5.91 Å². The fourth-order valence-corrected chi connectivity index (χ4v) is 2.56. The molecule has 0 aromatic carbocycles. The van der Waals surface area contributed by atoms with Gasteiger partial charge in [0.1, 0.15) is 0 Å². The smallest absolute Gasteiger partial charge is 0.227 e. The summed E-state index contributed by atoms with van der Waals surface area (Å²) in [6, 6.07) is 1.37. The Kier molecular flexibility index (Phi) is 4.71. The molecule has 21 heavy (non-hydrogen) atoms. The maximum atomic E-state index is 13.7. The van der Waals surface area contributed by atoms with Gasteiger partial charge in [-0.1, -0.05) is 32.4 Å². The number of rotatable bonds is 2. The first-order valence-electron chi connectivity index (χ1n) is 7.14. The average molecular weight is 314 g/mol. The number of aromatic nitrogens is 1. The predicted octanol–water partition coefficient (Wildman–Crippen LogP) is 3.32. The summed E-state index contributed by atoms with van der Waals surface area (Å²) in [4.78, 5) is 18.0. The molecule has 0 bridgehead atoms. The minimum atomic E-state index is -0.448. The third kappa shape index (κ3) is 4.06. The van der Waals surface area contributed by atoms with Crippen LogP contribution in [0.4, 0.5) is 10.2 Å². The average Bonchev–Trinajstić information content (AvgIpc) is 2.41. The molecule has 1 fully saturated rings. The summed E-state index contributed by atoms with van der Waals surface area (Å²) < 4.78 is 13.7. The molecule has 0 saturated carbocycles. The van der Waals surface area contributed by atoms with E-state index in [0.717, 1.165) is 12.8 Å². The van der Waals surface area contributed by atoms with Gasteiger partial charge in [0.25, 0.3) is 0 Å². The molecular formula is C15H21ClFN3O. The second kappa shape index (κ2) is 6.18. The zero-order valence-corrected chi connectivity index (χ0v) is 13.4. The summed E-state index contributed by atoms with van der Waals surface area (Å²) in [6.45, 7) is 7.14. The molecule has 0 aliphatic carbocycles. The fourth-order valence-electron chi connectivity index (χ4n) is 2.42. The fraction of sp³-hybridized carbons (Fsp3) is 0.600. The van der Waals surface area contributed by atoms with Crippen molar-refractivity contribution in [3.05, 3.63) is 23.1 Å². The molecule has 1 aliphatic heterocycles. The summed E-state index contributed by atoms with van der Waals surface area (Å²) >= 11 is 5.68. The van der Waals surface area contributed by atoms with E-state index in [0.29, 0.717) is 13.1 Å². The number of likely N-dealkylation sites (tertiary alicyclic amines) is 1. The number of halogens is 2. The number of nitrogens with one attached hydrogen (secondary N) is 1. The summed E-state index contributed by atoms with van der Waals surface area (Å²) in [6.07, 6.45) is 2.99. The van der Waals surface area contributed by atoms with Crippen molar-refractivity contribution in [1.82, 2.24) is 9.88 Å². The molecule has 0 atom stereocenters. The minimum absolute atomic E-state index is 0.122. The molecule has 2 rings (SSSR count). The van der Waals surface area contributed by atoms with Crippen LogP contribution in [0.3, 0.4) is 0 Å². The molecule has 1 amide bonds. The lowest BCUT2D eigenvalue weighted by atomic mass is 9.93. The van der Waals surface area contributed by atoms with Crippen LogP contribution in [-0.2, 0) is 4.79 Å². The number of nitrogens with zero attached hydrogens (tertiary/aromatic N) is 2. The molecular weight excluding hydrogens is 293 g/mol. The molecule has 4 nitrogen and oxygen atoms in total. The van der Waals surface area contributed by atoms with Crippen LogP contribution in [0.2, 0.25) is 5.02 Å². The Bertz CT molecular complexity index is 522. The second-order valence-corrected chi connectivity index (χ2v) is 6.88. The van der Waals surface area contributed by atoms with E-state index in [4.69, 9.17) is 11.6 Å². The van der Waals surface area contributed by atoms with Crippen molar-refractivity contribution in [3.8, 4) is 0 Å². The second-order valence-electron chi connectivity index (χ2n) is 6.44. The number of hydrogen-bond donors (Lipinski definition) is 1. The normalized spacial score (nSPS) is 16.9. The van der Waals surface area contributed by atoms with E-state index in [1.165, 1.54) is 12.3 Å². The number of hydrogen-bond acceptors (Lipinski definition) is 3. The molecule has 1 aliphatic rings. The maximum Gasteiger partial charge on any atom is 0.227 e. The zero-order chi connectivity index (χ0) is 15.6. The van der Waals surface area contributed by atoms with Crippen LogP contribution in [0.5, 0.6) is 0 Å². The Morgan fingerprint density at radius 2 is 2.05 bits per heavy atom. The lowest BCUT2D eigenvalue weighted by Gasteiger charge is -2.36. The van der Waals surface area contributed by atoms with E-state index in [2.05, 4.69) is 10.3 Å². The van der Waals surface area contributed by atoms with E-state index in [1.807, 2.05) is 25.7 Å². The molecule has 0 spiro atoms. The summed E-state index contributed by atoms with van der Waals surface area (Å²) in [5.41, 5.74) is -0.357. The van der Waals surface area contributed by atoms with Crippen molar-refractivity contribution in [1.29, 1.82) is 0 Å². The summed E-state index contributed by atoms with van der Waals surface area (Å²) in [5.74, 6) is -0.0626. The number of pyridine rings is 1. The van der Waals surface area contributed by atoms with Gasteiger partial charge in [-0.3, -0.25) is 4.79 Å². The van der Waals surface area contributed by atoms with Crippen molar-refractivity contribution in [3.63, 3.8) is 0 Å². The molecule has 0 unspecified atom stereocenters. The molecule has 0 radical (unpaired) electrons. The first-order chi connectivity index (χ1) is 9.77. The van der Waals surface area contributed by atoms with E-state index < -0.39 is 5.82 Å². The van der Waals surface area contributed by atoms with Gasteiger partial charge in [0.15, 0.2) is 11.6 Å². The molecule has 116 valence electrons. The van der Waals surface area contributed by atoms with Gasteiger partial charge in [-0.25, -0.2) is 9.37 Å². The SMILES string of the molecule is CC(C)(C)C(=O)N1CCC(Nc2ncc(Cl)cc2F)CC1. The number of anilines is 1. The third-order valence-electron chi connectivity index (χ3n) is 3.57. The molecule has 6 heteroatoms. The Morgan fingerprint density at radius 3 is 2.57 bits per heavy atom. The van der Waals surface area contributed by atoms with Gasteiger partial charge in [0.05, 0.1) is 5.02 Å². The maximum absolute atomic E-state index is 13.7. The molecule has 2 heterocycles. The highest BCUT2D eigenvalue weighted by Crippen LogP contribution is 2.23. The summed E-state index contributed by atoms with van der Waals surface area (Å²) in [5, 5.41) is 3.37. The zero-order valence-electron chi connectivity index (χ0n) is 12.6. The van der Waals surface area contributed by atoms with Crippen LogP contribution in [0, 0.1) is 11.2 Å². The van der Waals surface area contributed by atoms with Gasteiger partial charge in [-0.05, 0) is 18.9 Å². The lowest BCUT2D eigenvalue weighted by molar-refractivity contribution is -0.140. The Morgan fingerprint density at radius 1 is 1.43 bits per heavy atom. The highest BCUT2D eigenvalue weighted by atomic mass is 35.5. The van der Waals surface area contributed by atoms with Crippen molar-refractivity contribution in [2.24, 2.45) is 5.41 Å². The van der Waals surface area contributed by atoms with E-state index in [9.17, 15) is 9.18 Å². The molecule has 1 N–H and O–H groups in total. The first kappa shape index (κ1) is 16.0. The van der Waals surface area contributed by atoms with Crippen LogP contribution in [0.25, 0.3) is 0 Å². The van der Waals surface area contributed by atoms with Crippen LogP contribution in [0.15, 0.2) is 12.3 Å². The van der Waals surface area contributed by atoms with Gasteiger partial charge < -0.3 is 10.2 Å². The predicted molar refractivity (Wildman–Crippen MR) is 81.9 cm³/mol. The quantitative estimate of drug-likeness (QED) is 0.911. The number of carbonyl (C=O) groups is 1. The van der Waals surface area contributed by atoms with E-state index in [-0.39, 0.29) is 28.2 Å². The molecule has 1 aromatic heterocycles. The summed E-state index contributed by atoms with van der Waals surface area (Å²) in [7, 11) is 0. The van der Waals surface area contributed by atoms with Gasteiger partial charge >= 0.3 is 0 Å². The van der Waals surface area contributed by atoms with Crippen molar-refractivity contribution < 1.29 is 9.18 Å². The third-order valence-corrected chi connectivity index (χ3v) is 3.78. The number of carbonyl (C=O) groups excluding carboxylic acids is 1. The Labute approximate surface area is 129 Å². The highest BCUT2D eigenvalue weighted by molar-refractivity contribution is 6.30. The Balaban J connectivity index is 1.91. The lowest BCUT2D eigenvalue weighted by Crippen LogP contribution is -2.46. The highest BCUT2D eigenvalue weighted by Gasteiger charge is 2.30. The topological polar surface area (TPSA) is 45.2 Å². The van der Waals surface area contributed by atoms with Gasteiger partial charge in [-0.2, -0.15) is 0 Å². The first-order valence-corrected chi connectivity index (χ1v) is 7.52. The monoisotopic (exact) mass is 313 g/mol. The van der Waals surface area contributed by atoms with Crippen molar-refractivity contribution in [2.75, 3.05) is 18.4 Å². The van der Waals surface area contributed by atoms with Crippen LogP contribution in [0.1, 0.15) is 33.6 Å². The number of amides is 1. The molecule has 1 aromatic rings. The standard InChI is InChI=1S/C15H21ClFN3O/c1-15(2,3)14(21)20-6-4-11(5-7-20)19-13-12(17)8-10(16)9-18-13/h8-9,11H,4-7H2,1-3H3,(H,18,19). The van der Waals surface area contributed by atoms with Crippen LogP contribution >= 0.6 is 11.6 Å². The number of piperidine rings is 1. The van der Waals surface area contributed by atoms with Gasteiger partial charge in [-0.15, -0.1) is 0 Å². The van der Waals surface area contributed by atoms with E-state index in [1.54, 1.807) is 0 Å². The van der Waals surface area contributed by atoms with Crippen LogP contribution < -0.4 is 5.32 Å².